The second-order valence-electron chi connectivity index (χ2n) is 7.94. The Bertz CT molecular complexity index is 1270. The van der Waals surface area contributed by atoms with Crippen molar-refractivity contribution in [3.63, 3.8) is 0 Å². The fourth-order valence-electron chi connectivity index (χ4n) is 4.44. The summed E-state index contributed by atoms with van der Waals surface area (Å²) in [6.45, 7) is 3.32. The minimum Gasteiger partial charge on any atom is -0.347 e. The average Bonchev–Trinajstić information content (AvgIpc) is 3.49. The summed E-state index contributed by atoms with van der Waals surface area (Å²) in [5.74, 6) is 0.268. The van der Waals surface area contributed by atoms with Gasteiger partial charge in [0.1, 0.15) is 5.69 Å². The van der Waals surface area contributed by atoms with Crippen molar-refractivity contribution < 1.29 is 8.42 Å². The normalized spacial score (nSPS) is 20.2. The van der Waals surface area contributed by atoms with Gasteiger partial charge in [0, 0.05) is 41.8 Å². The number of benzene rings is 2. The first kappa shape index (κ1) is 19.0. The predicted octanol–water partition coefficient (Wildman–Crippen LogP) is 3.53. The number of nitrogens with zero attached hydrogens (tertiary/aromatic N) is 4. The van der Waals surface area contributed by atoms with E-state index < -0.39 is 10.0 Å². The molecule has 1 saturated heterocycles. The molecule has 0 amide bonds. The van der Waals surface area contributed by atoms with Gasteiger partial charge in [0.25, 0.3) is 0 Å². The van der Waals surface area contributed by atoms with Crippen LogP contribution < -0.4 is 0 Å². The van der Waals surface area contributed by atoms with Crippen LogP contribution in [-0.4, -0.2) is 45.3 Å². The van der Waals surface area contributed by atoms with Crippen molar-refractivity contribution in [2.24, 2.45) is 5.92 Å². The molecule has 0 spiro atoms. The zero-order valence-electron chi connectivity index (χ0n) is 16.6. The molecule has 2 aromatic heterocycles. The summed E-state index contributed by atoms with van der Waals surface area (Å²) in [5.41, 5.74) is 2.97. The van der Waals surface area contributed by atoms with Gasteiger partial charge < -0.3 is 4.57 Å². The largest absolute Gasteiger partial charge is 0.347 e. The Kier molecular flexibility index (Phi) is 4.67. The monoisotopic (exact) mass is 421 g/mol. The Morgan fingerprint density at radius 3 is 2.73 bits per heavy atom. The van der Waals surface area contributed by atoms with Crippen molar-refractivity contribution in [1.29, 1.82) is 0 Å². The average molecular weight is 422 g/mol. The minimum atomic E-state index is -3.46. The summed E-state index contributed by atoms with van der Waals surface area (Å²) in [7, 11) is -3.46. The third-order valence-electron chi connectivity index (χ3n) is 5.89. The maximum Gasteiger partial charge on any atom is 0.243 e. The first-order valence-electron chi connectivity index (χ1n) is 10.0. The van der Waals surface area contributed by atoms with Crippen LogP contribution in [0.4, 0.5) is 0 Å². The van der Waals surface area contributed by atoms with Crippen molar-refractivity contribution in [2.75, 3.05) is 6.54 Å². The molecule has 0 bridgehead atoms. The lowest BCUT2D eigenvalue weighted by Gasteiger charge is -2.21. The molecule has 0 unspecified atom stereocenters. The number of fused-ring (bicyclic) bond motifs is 1. The van der Waals surface area contributed by atoms with Crippen LogP contribution in [0.1, 0.15) is 13.3 Å². The SMILES string of the molecule is C[C@H]1C[C@H](Cn2ccc3cc(-c4cn[nH]n4)ccc32)CN1S(=O)(=O)c1ccccc1. The van der Waals surface area contributed by atoms with Gasteiger partial charge in [0.15, 0.2) is 0 Å². The Balaban J connectivity index is 1.36. The Labute approximate surface area is 175 Å². The summed E-state index contributed by atoms with van der Waals surface area (Å²) in [6, 6.07) is 17.0. The van der Waals surface area contributed by atoms with Crippen molar-refractivity contribution in [3.05, 3.63) is 67.0 Å². The molecule has 3 heterocycles. The van der Waals surface area contributed by atoms with Gasteiger partial charge in [-0.2, -0.15) is 19.7 Å². The summed E-state index contributed by atoms with van der Waals surface area (Å²) in [6.07, 6.45) is 4.64. The molecule has 1 N–H and O–H groups in total. The number of sulfonamides is 1. The lowest BCUT2D eigenvalue weighted by Crippen LogP contribution is -2.34. The summed E-state index contributed by atoms with van der Waals surface area (Å²) in [5, 5.41) is 11.8. The van der Waals surface area contributed by atoms with E-state index in [1.165, 1.54) is 0 Å². The predicted molar refractivity (Wildman–Crippen MR) is 115 cm³/mol. The maximum atomic E-state index is 13.1. The van der Waals surface area contributed by atoms with Gasteiger partial charge in [-0.15, -0.1) is 0 Å². The number of hydrogen-bond donors (Lipinski definition) is 1. The molecule has 7 nitrogen and oxygen atoms in total. The minimum absolute atomic E-state index is 0.0131. The van der Waals surface area contributed by atoms with Gasteiger partial charge >= 0.3 is 0 Å². The van der Waals surface area contributed by atoms with Crippen LogP contribution in [0, 0.1) is 5.92 Å². The molecule has 2 atom stereocenters. The van der Waals surface area contributed by atoms with E-state index in [4.69, 9.17) is 0 Å². The van der Waals surface area contributed by atoms with Crippen molar-refractivity contribution in [2.45, 2.75) is 30.8 Å². The lowest BCUT2D eigenvalue weighted by atomic mass is 10.1. The maximum absolute atomic E-state index is 13.1. The van der Waals surface area contributed by atoms with Crippen LogP contribution in [0.3, 0.4) is 0 Å². The second kappa shape index (κ2) is 7.37. The number of H-pyrrole nitrogens is 1. The van der Waals surface area contributed by atoms with E-state index in [0.29, 0.717) is 11.4 Å². The van der Waals surface area contributed by atoms with Crippen LogP contribution in [0.2, 0.25) is 0 Å². The molecular weight excluding hydrogens is 398 g/mol. The number of nitrogens with one attached hydrogen (secondary N) is 1. The van der Waals surface area contributed by atoms with Crippen LogP contribution >= 0.6 is 0 Å². The van der Waals surface area contributed by atoms with Crippen LogP contribution in [0.15, 0.2) is 71.9 Å². The second-order valence-corrected chi connectivity index (χ2v) is 9.83. The molecule has 1 aliphatic rings. The fourth-order valence-corrected chi connectivity index (χ4v) is 6.18. The van der Waals surface area contributed by atoms with Crippen LogP contribution in [0.25, 0.3) is 22.2 Å². The van der Waals surface area contributed by atoms with Crippen LogP contribution in [0.5, 0.6) is 0 Å². The quantitative estimate of drug-likeness (QED) is 0.534. The smallest absolute Gasteiger partial charge is 0.243 e. The van der Waals surface area contributed by atoms with Gasteiger partial charge in [-0.25, -0.2) is 8.42 Å². The number of aromatic nitrogens is 4. The highest BCUT2D eigenvalue weighted by atomic mass is 32.2. The van der Waals surface area contributed by atoms with Gasteiger partial charge in [0.2, 0.25) is 10.0 Å². The van der Waals surface area contributed by atoms with E-state index in [9.17, 15) is 8.42 Å². The summed E-state index contributed by atoms with van der Waals surface area (Å²) in [4.78, 5) is 0.365. The highest BCUT2D eigenvalue weighted by Gasteiger charge is 2.37. The Morgan fingerprint density at radius 2 is 1.97 bits per heavy atom. The van der Waals surface area contributed by atoms with Gasteiger partial charge in [-0.05, 0) is 49.6 Å². The van der Waals surface area contributed by atoms with E-state index in [0.717, 1.165) is 35.1 Å². The Morgan fingerprint density at radius 1 is 1.13 bits per heavy atom. The molecule has 4 aromatic rings. The summed E-state index contributed by atoms with van der Waals surface area (Å²) < 4.78 is 30.0. The molecule has 0 saturated carbocycles. The topological polar surface area (TPSA) is 83.9 Å². The molecule has 0 radical (unpaired) electrons. The molecule has 30 heavy (non-hydrogen) atoms. The van der Waals surface area contributed by atoms with E-state index in [1.54, 1.807) is 34.8 Å². The van der Waals surface area contributed by atoms with Crippen molar-refractivity contribution in [3.8, 4) is 11.3 Å². The zero-order chi connectivity index (χ0) is 20.7. The molecular formula is C22H23N5O2S. The molecule has 154 valence electrons. The summed E-state index contributed by atoms with van der Waals surface area (Å²) >= 11 is 0. The molecule has 1 fully saturated rings. The first-order valence-corrected chi connectivity index (χ1v) is 11.5. The molecule has 5 rings (SSSR count). The molecule has 2 aromatic carbocycles. The van der Waals surface area contributed by atoms with Crippen LogP contribution in [-0.2, 0) is 16.6 Å². The van der Waals surface area contributed by atoms with E-state index in [2.05, 4.69) is 44.4 Å². The third-order valence-corrected chi connectivity index (χ3v) is 7.88. The highest BCUT2D eigenvalue weighted by molar-refractivity contribution is 7.89. The Hall–Kier alpha value is -2.97. The molecule has 8 heteroatoms. The molecule has 1 aliphatic heterocycles. The van der Waals surface area contributed by atoms with E-state index in [1.807, 2.05) is 19.1 Å². The van der Waals surface area contributed by atoms with Gasteiger partial charge in [-0.1, -0.05) is 24.3 Å². The van der Waals surface area contributed by atoms with E-state index >= 15 is 0 Å². The number of hydrogen-bond acceptors (Lipinski definition) is 4. The fraction of sp³-hybridized carbons (Fsp3) is 0.273. The van der Waals surface area contributed by atoms with Gasteiger partial charge in [-0.3, -0.25) is 0 Å². The number of rotatable bonds is 5. The first-order chi connectivity index (χ1) is 14.5. The highest BCUT2D eigenvalue weighted by Crippen LogP contribution is 2.31. The van der Waals surface area contributed by atoms with Gasteiger partial charge in [0.05, 0.1) is 11.1 Å². The number of aromatic amines is 1. The zero-order valence-corrected chi connectivity index (χ0v) is 17.5. The third kappa shape index (κ3) is 3.32. The van der Waals surface area contributed by atoms with E-state index in [-0.39, 0.29) is 12.0 Å². The van der Waals surface area contributed by atoms with Crippen molar-refractivity contribution >= 4 is 20.9 Å². The molecule has 0 aliphatic carbocycles. The lowest BCUT2D eigenvalue weighted by molar-refractivity contribution is 0.400. The van der Waals surface area contributed by atoms with Crippen molar-refractivity contribution in [1.82, 2.24) is 24.3 Å². The standard InChI is InChI=1S/C22H23N5O2S/c1-16-11-17(15-27(16)30(28,29)20-5-3-2-4-6-20)14-26-10-9-19-12-18(7-8-22(19)26)21-13-23-25-24-21/h2-10,12-13,16-17H,11,14-15H2,1H3,(H,23,24,25)/t16-,17+/m0/s1.